The summed E-state index contributed by atoms with van der Waals surface area (Å²) in [5.74, 6) is 0. The van der Waals surface area contributed by atoms with Crippen LogP contribution in [0, 0.1) is 20.2 Å². The van der Waals surface area contributed by atoms with Crippen LogP contribution in [0.1, 0.15) is 5.69 Å². The number of hydrogen-bond donors (Lipinski definition) is 0. The molecule has 0 fully saturated rings. The molecule has 0 amide bonds. The predicted molar refractivity (Wildman–Crippen MR) is 86.9 cm³/mol. The Morgan fingerprint density at radius 3 is 2.05 bits per heavy atom. The summed E-state index contributed by atoms with van der Waals surface area (Å²) < 4.78 is -1.80. The molecule has 0 saturated carbocycles. The second-order valence-corrected chi connectivity index (χ2v) is 10.8. The van der Waals surface area contributed by atoms with E-state index < -0.39 is 17.7 Å². The van der Waals surface area contributed by atoms with Gasteiger partial charge >= 0.3 is 5.66 Å². The lowest BCUT2D eigenvalue weighted by atomic mass is 10.1. The molecule has 0 aliphatic carbocycles. The number of nitrogens with zero attached hydrogens (tertiary/aromatic N) is 3. The summed E-state index contributed by atoms with van der Waals surface area (Å²) in [5.41, 5.74) is -2.61. The number of alkyl halides is 3. The summed E-state index contributed by atoms with van der Waals surface area (Å²) in [6.45, 7) is 0. The van der Waals surface area contributed by atoms with Crippen LogP contribution < -0.4 is 0 Å². The Hall–Kier alpha value is -1.13. The van der Waals surface area contributed by atoms with Gasteiger partial charge in [-0.05, 0) is 59.9 Å². The molecule has 0 bridgehead atoms. The zero-order valence-electron chi connectivity index (χ0n) is 10.1. The third-order valence-electron chi connectivity index (χ3n) is 2.88. The molecule has 1 aromatic carbocycles. The molecule has 7 nitrogen and oxygen atoms in total. The Kier molecular flexibility index (Phi) is 4.31. The highest BCUT2D eigenvalue weighted by molar-refractivity contribution is 9.39. The van der Waals surface area contributed by atoms with E-state index in [9.17, 15) is 20.2 Å². The summed E-state index contributed by atoms with van der Waals surface area (Å²) in [4.78, 5) is 25.0. The summed E-state index contributed by atoms with van der Waals surface area (Å²) in [7, 11) is 0. The number of hydrogen-bond acceptors (Lipinski definition) is 5. The van der Waals surface area contributed by atoms with Gasteiger partial charge in [-0.2, -0.15) is 0 Å². The highest BCUT2D eigenvalue weighted by atomic mass is 80.0. The van der Waals surface area contributed by atoms with Crippen molar-refractivity contribution in [1.29, 1.82) is 0 Å². The van der Waals surface area contributed by atoms with E-state index in [0.717, 1.165) is 5.39 Å². The molecule has 1 heterocycles. The number of para-hydroxylation sites is 1. The molecular weight excluding hydrogens is 478 g/mol. The van der Waals surface area contributed by atoms with Crippen molar-refractivity contribution in [2.24, 2.45) is 0 Å². The van der Waals surface area contributed by atoms with Gasteiger partial charge in [-0.3, -0.25) is 20.2 Å². The molecule has 2 aromatic rings. The topological polar surface area (TPSA) is 99.2 Å². The molecule has 21 heavy (non-hydrogen) atoms. The Bertz CT molecular complexity index is 718. The molecule has 110 valence electrons. The van der Waals surface area contributed by atoms with Crippen LogP contribution in [0.3, 0.4) is 0 Å². The maximum absolute atomic E-state index is 11.5. The average Bonchev–Trinajstić information content (AvgIpc) is 2.36. The minimum atomic E-state index is -2.74. The molecule has 0 N–H and O–H groups in total. The predicted octanol–water partition coefficient (Wildman–Crippen LogP) is 3.78. The minimum Gasteiger partial charge on any atom is -0.258 e. The fourth-order valence-electron chi connectivity index (χ4n) is 1.87. The van der Waals surface area contributed by atoms with Gasteiger partial charge in [0.2, 0.25) is 0 Å². The van der Waals surface area contributed by atoms with E-state index in [0.29, 0.717) is 5.52 Å². The Balaban J connectivity index is 2.81. The molecule has 0 radical (unpaired) electrons. The van der Waals surface area contributed by atoms with Crippen molar-refractivity contribution in [3.63, 3.8) is 0 Å². The molecule has 0 spiro atoms. The molecule has 2 rings (SSSR count). The fourth-order valence-corrected chi connectivity index (χ4v) is 3.34. The van der Waals surface area contributed by atoms with E-state index in [1.54, 1.807) is 30.3 Å². The van der Waals surface area contributed by atoms with Crippen LogP contribution in [-0.2, 0) is 5.66 Å². The lowest BCUT2D eigenvalue weighted by Crippen LogP contribution is -2.53. The molecular formula is C11H6Br3N3O4. The number of rotatable bonds is 3. The minimum absolute atomic E-state index is 0.304. The van der Waals surface area contributed by atoms with Gasteiger partial charge in [-0.25, -0.2) is 4.98 Å². The monoisotopic (exact) mass is 481 g/mol. The van der Waals surface area contributed by atoms with Crippen LogP contribution >= 0.6 is 47.8 Å². The van der Waals surface area contributed by atoms with Crippen LogP contribution in [0.15, 0.2) is 36.4 Å². The first-order chi connectivity index (χ1) is 9.71. The first kappa shape index (κ1) is 16.2. The third-order valence-corrected chi connectivity index (χ3v) is 4.54. The van der Waals surface area contributed by atoms with Crippen molar-refractivity contribution >= 4 is 58.7 Å². The first-order valence-corrected chi connectivity index (χ1v) is 7.81. The van der Waals surface area contributed by atoms with Crippen LogP contribution in [0.2, 0.25) is 0 Å². The zero-order chi connectivity index (χ0) is 15.8. The molecule has 0 aliphatic rings. The van der Waals surface area contributed by atoms with Crippen LogP contribution in [0.5, 0.6) is 0 Å². The Morgan fingerprint density at radius 2 is 1.52 bits per heavy atom. The van der Waals surface area contributed by atoms with Gasteiger partial charge in [0.25, 0.3) is 2.14 Å². The Morgan fingerprint density at radius 1 is 0.952 bits per heavy atom. The fraction of sp³-hybridized carbons (Fsp3) is 0.182. The van der Waals surface area contributed by atoms with Gasteiger partial charge in [0, 0.05) is 5.39 Å². The van der Waals surface area contributed by atoms with Crippen molar-refractivity contribution in [1.82, 2.24) is 4.98 Å². The lowest BCUT2D eigenvalue weighted by molar-refractivity contribution is -0.807. The summed E-state index contributed by atoms with van der Waals surface area (Å²) in [5, 5.41) is 23.7. The first-order valence-electron chi connectivity index (χ1n) is 5.43. The molecule has 10 heteroatoms. The standard InChI is InChI=1S/C11H6Br3N3O4/c12-11(13,14)10(16(18)19,17(20)21)9-6-5-7-3-1-2-4-8(7)15-9/h1-6H. The van der Waals surface area contributed by atoms with E-state index in [4.69, 9.17) is 0 Å². The average molecular weight is 484 g/mol. The third kappa shape index (κ3) is 2.55. The quantitative estimate of drug-likeness (QED) is 0.286. The van der Waals surface area contributed by atoms with Gasteiger partial charge < -0.3 is 0 Å². The van der Waals surface area contributed by atoms with Crippen molar-refractivity contribution in [2.75, 3.05) is 0 Å². The van der Waals surface area contributed by atoms with Crippen molar-refractivity contribution in [3.8, 4) is 0 Å². The highest BCUT2D eigenvalue weighted by Gasteiger charge is 2.73. The number of benzene rings is 1. The maximum Gasteiger partial charge on any atom is 0.534 e. The summed E-state index contributed by atoms with van der Waals surface area (Å²) >= 11 is 8.74. The SMILES string of the molecule is O=[N+]([O-])C(c1ccc2ccccc2n1)([N+](=O)[O-])C(Br)(Br)Br. The van der Waals surface area contributed by atoms with Gasteiger partial charge in [0.15, 0.2) is 5.69 Å². The number of aromatic nitrogens is 1. The highest BCUT2D eigenvalue weighted by Crippen LogP contribution is 2.51. The normalized spacial score (nSPS) is 12.3. The van der Waals surface area contributed by atoms with Crippen molar-refractivity contribution in [3.05, 3.63) is 62.3 Å². The number of fused-ring (bicyclic) bond motifs is 1. The number of nitro groups is 2. The van der Waals surface area contributed by atoms with Gasteiger partial charge in [-0.1, -0.05) is 24.3 Å². The van der Waals surface area contributed by atoms with Crippen molar-refractivity contribution < 1.29 is 9.85 Å². The van der Waals surface area contributed by atoms with E-state index in [2.05, 4.69) is 52.8 Å². The molecule has 0 aliphatic heterocycles. The van der Waals surface area contributed by atoms with Crippen LogP contribution in [0.4, 0.5) is 0 Å². The maximum atomic E-state index is 11.5. The molecule has 0 saturated heterocycles. The van der Waals surface area contributed by atoms with Gasteiger partial charge in [0.05, 0.1) is 5.52 Å². The summed E-state index contributed by atoms with van der Waals surface area (Å²) in [6, 6.07) is 9.69. The van der Waals surface area contributed by atoms with E-state index >= 15 is 0 Å². The second kappa shape index (κ2) is 5.58. The molecule has 0 atom stereocenters. The lowest BCUT2D eigenvalue weighted by Gasteiger charge is -2.23. The number of halogens is 3. The number of pyridine rings is 1. The Labute approximate surface area is 143 Å². The summed E-state index contributed by atoms with van der Waals surface area (Å²) in [6.07, 6.45) is 0. The smallest absolute Gasteiger partial charge is 0.258 e. The largest absolute Gasteiger partial charge is 0.534 e. The van der Waals surface area contributed by atoms with Gasteiger partial charge in [-0.15, -0.1) is 0 Å². The van der Waals surface area contributed by atoms with Crippen LogP contribution in [-0.4, -0.2) is 17.0 Å². The van der Waals surface area contributed by atoms with E-state index in [-0.39, 0.29) is 5.69 Å². The van der Waals surface area contributed by atoms with Crippen LogP contribution in [0.25, 0.3) is 10.9 Å². The van der Waals surface area contributed by atoms with Gasteiger partial charge in [0.1, 0.15) is 9.85 Å². The molecule has 0 unspecified atom stereocenters. The molecule has 1 aromatic heterocycles. The van der Waals surface area contributed by atoms with Crippen molar-refractivity contribution in [2.45, 2.75) is 7.81 Å². The second-order valence-electron chi connectivity index (χ2n) is 4.07. The zero-order valence-corrected chi connectivity index (χ0v) is 14.8. The van der Waals surface area contributed by atoms with E-state index in [1.807, 2.05) is 0 Å². The van der Waals surface area contributed by atoms with E-state index in [1.165, 1.54) is 6.07 Å².